The van der Waals surface area contributed by atoms with Crippen LogP contribution < -0.4 is 21.5 Å². The van der Waals surface area contributed by atoms with Crippen LogP contribution in [0.2, 0.25) is 51.4 Å². The molecule has 0 aliphatic carbocycles. The number of carbonyl (C=O) groups is 4. The van der Waals surface area contributed by atoms with Gasteiger partial charge in [0.1, 0.15) is 0 Å². The molecule has 0 aromatic rings. The van der Waals surface area contributed by atoms with Gasteiger partial charge in [-0.25, -0.2) is 0 Å². The minimum atomic E-state index is -2.35. The van der Waals surface area contributed by atoms with Crippen LogP contribution in [0.15, 0.2) is 24.3 Å². The first kappa shape index (κ1) is 27.3. The van der Waals surface area contributed by atoms with E-state index in [1.165, 1.54) is 32.3 Å². The van der Waals surface area contributed by atoms with E-state index >= 15 is 0 Å². The molecule has 0 saturated carbocycles. The summed E-state index contributed by atoms with van der Waals surface area (Å²) in [6, 6.07) is 1.81. The average molecular weight is 610 g/mol. The van der Waals surface area contributed by atoms with Crippen LogP contribution in [-0.4, -0.2) is 67.8 Å². The Balaban J connectivity index is 1.74. The molecule has 0 radical (unpaired) electrons. The van der Waals surface area contributed by atoms with Gasteiger partial charge in [-0.3, -0.25) is 9.59 Å². The van der Waals surface area contributed by atoms with Crippen molar-refractivity contribution in [2.24, 2.45) is 0 Å². The van der Waals surface area contributed by atoms with Crippen LogP contribution in [-0.2, 0) is 27.4 Å². The fourth-order valence-electron chi connectivity index (χ4n) is 3.90. The van der Waals surface area contributed by atoms with Gasteiger partial charge >= 0.3 is 172 Å². The van der Waals surface area contributed by atoms with Crippen molar-refractivity contribution in [1.82, 2.24) is 8.01 Å². The second-order valence-corrected chi connectivity index (χ2v) is 24.8. The van der Waals surface area contributed by atoms with Crippen molar-refractivity contribution in [3.8, 4) is 0 Å². The SMILES string of the molecule is C[Si](C)(CCC[I-]N1C(=O)C=CC1=O)O[Si](C)(C)O[Si](C)(C)CCCN1C(=O)C=CC1=O. The van der Waals surface area contributed by atoms with Gasteiger partial charge in [-0.1, -0.05) is 0 Å². The van der Waals surface area contributed by atoms with Crippen molar-refractivity contribution in [1.29, 1.82) is 0 Å². The van der Waals surface area contributed by atoms with Crippen LogP contribution in [0.5, 0.6) is 0 Å². The zero-order valence-electron chi connectivity index (χ0n) is 19.8. The normalized spacial score (nSPS) is 17.6. The molecule has 2 aliphatic heterocycles. The number of imide groups is 2. The fourth-order valence-corrected chi connectivity index (χ4v) is 20.9. The van der Waals surface area contributed by atoms with Crippen molar-refractivity contribution in [2.75, 3.05) is 11.0 Å². The van der Waals surface area contributed by atoms with Crippen LogP contribution in [0.4, 0.5) is 0 Å². The summed E-state index contributed by atoms with van der Waals surface area (Å²) >= 11 is -0.620. The number of carbonyl (C=O) groups excluding carboxylic acids is 4. The second-order valence-electron chi connectivity index (χ2n) is 9.59. The minimum Gasteiger partial charge on any atom is -0.269 e. The van der Waals surface area contributed by atoms with Gasteiger partial charge in [0.05, 0.1) is 0 Å². The van der Waals surface area contributed by atoms with E-state index in [4.69, 9.17) is 8.23 Å². The quantitative estimate of drug-likeness (QED) is 0.0716. The molecule has 2 heterocycles. The van der Waals surface area contributed by atoms with Gasteiger partial charge in [0.25, 0.3) is 11.8 Å². The fraction of sp³-hybridized carbons (Fsp3) is 0.600. The Kier molecular flexibility index (Phi) is 9.38. The Morgan fingerprint density at radius 2 is 1.16 bits per heavy atom. The zero-order valence-corrected chi connectivity index (χ0v) is 24.9. The molecule has 32 heavy (non-hydrogen) atoms. The first-order chi connectivity index (χ1) is 14.7. The Morgan fingerprint density at radius 3 is 1.66 bits per heavy atom. The molecule has 0 aromatic carbocycles. The van der Waals surface area contributed by atoms with Gasteiger partial charge in [-0.05, 0) is 0 Å². The van der Waals surface area contributed by atoms with Crippen LogP contribution in [0.3, 0.4) is 0 Å². The first-order valence-corrected chi connectivity index (χ1v) is 22.3. The van der Waals surface area contributed by atoms with E-state index in [0.717, 1.165) is 29.4 Å². The number of hydrogen-bond acceptors (Lipinski definition) is 6. The average Bonchev–Trinajstić information content (AvgIpc) is 3.12. The molecule has 0 bridgehead atoms. The molecule has 0 N–H and O–H groups in total. The van der Waals surface area contributed by atoms with Gasteiger partial charge in [-0.15, -0.1) is 0 Å². The zero-order chi connectivity index (χ0) is 24.2. The number of halogens is 1. The van der Waals surface area contributed by atoms with Crippen molar-refractivity contribution in [2.45, 2.75) is 64.2 Å². The maximum absolute atomic E-state index is 11.7. The second kappa shape index (κ2) is 11.0. The predicted octanol–water partition coefficient (Wildman–Crippen LogP) is -0.234. The van der Waals surface area contributed by atoms with E-state index in [2.05, 4.69) is 39.3 Å². The Morgan fingerprint density at radius 1 is 0.719 bits per heavy atom. The molecular formula is C20H34IN2O6Si3-. The van der Waals surface area contributed by atoms with E-state index in [0.29, 0.717) is 6.54 Å². The third-order valence-electron chi connectivity index (χ3n) is 4.98. The number of rotatable bonds is 13. The molecule has 8 nitrogen and oxygen atoms in total. The summed E-state index contributed by atoms with van der Waals surface area (Å²) in [5, 5.41) is 0. The first-order valence-electron chi connectivity index (χ1n) is 10.8. The summed E-state index contributed by atoms with van der Waals surface area (Å²) in [7, 11) is -6.32. The standard InChI is InChI=1S/C20H34IN2O6Si3/c1-30(2,15-7-13-21-23-19(26)11-12-20(23)27)28-32(5,6)29-31(3,4)16-8-14-22-17(24)9-10-18(22)25/h9-12H,7-8,13-16H2,1-6H3/q-1. The molecule has 0 fully saturated rings. The number of hydrogen-bond donors (Lipinski definition) is 0. The molecule has 0 spiro atoms. The molecule has 12 heteroatoms. The van der Waals surface area contributed by atoms with E-state index in [-0.39, 0.29) is 23.6 Å². The summed E-state index contributed by atoms with van der Waals surface area (Å²) in [6.07, 6.45) is 7.00. The van der Waals surface area contributed by atoms with E-state index < -0.39 is 46.7 Å². The van der Waals surface area contributed by atoms with E-state index in [1.54, 1.807) is 0 Å². The van der Waals surface area contributed by atoms with Gasteiger partial charge in [0.15, 0.2) is 0 Å². The van der Waals surface area contributed by atoms with Gasteiger partial charge in [0, 0.05) is 12.2 Å². The molecule has 2 rings (SSSR count). The van der Waals surface area contributed by atoms with Crippen LogP contribution in [0, 0.1) is 0 Å². The third kappa shape index (κ3) is 8.44. The molecule has 180 valence electrons. The summed E-state index contributed by atoms with van der Waals surface area (Å²) in [6.45, 7) is 13.3. The summed E-state index contributed by atoms with van der Waals surface area (Å²) < 4.78 is 15.5. The van der Waals surface area contributed by atoms with Gasteiger partial charge < -0.3 is 0 Å². The molecule has 0 saturated heterocycles. The topological polar surface area (TPSA) is 93.2 Å². The Bertz CT molecular complexity index is 792. The molecule has 0 atom stereocenters. The van der Waals surface area contributed by atoms with Crippen molar-refractivity contribution in [3.63, 3.8) is 0 Å². The van der Waals surface area contributed by atoms with Crippen molar-refractivity contribution in [3.05, 3.63) is 24.3 Å². The van der Waals surface area contributed by atoms with Gasteiger partial charge in [-0.2, -0.15) is 0 Å². The molecule has 2 aliphatic rings. The number of amides is 4. The molecule has 4 amide bonds. The van der Waals surface area contributed by atoms with E-state index in [1.807, 2.05) is 0 Å². The molecule has 0 aromatic heterocycles. The smallest absolute Gasteiger partial charge is 0.269 e. The summed E-state index contributed by atoms with van der Waals surface area (Å²) in [4.78, 5) is 48.0. The Labute approximate surface area is 204 Å². The van der Waals surface area contributed by atoms with Crippen molar-refractivity contribution < 1.29 is 48.9 Å². The van der Waals surface area contributed by atoms with Crippen LogP contribution >= 0.6 is 0 Å². The monoisotopic (exact) mass is 609 g/mol. The Hall–Kier alpha value is -0.939. The molecule has 0 unspecified atom stereocenters. The summed E-state index contributed by atoms with van der Waals surface area (Å²) in [5.41, 5.74) is 0. The van der Waals surface area contributed by atoms with E-state index in [9.17, 15) is 19.2 Å². The molecular weight excluding hydrogens is 575 g/mol. The van der Waals surface area contributed by atoms with Gasteiger partial charge in [0.2, 0.25) is 0 Å². The number of alkyl halides is 1. The predicted molar refractivity (Wildman–Crippen MR) is 125 cm³/mol. The summed E-state index contributed by atoms with van der Waals surface area (Å²) in [5.74, 6) is -0.838. The number of nitrogens with zero attached hydrogens (tertiary/aromatic N) is 2. The van der Waals surface area contributed by atoms with Crippen LogP contribution in [0.25, 0.3) is 0 Å². The maximum atomic E-state index is 11.7. The van der Waals surface area contributed by atoms with Crippen molar-refractivity contribution >= 4 is 48.8 Å². The minimum absolute atomic E-state index is 0.181. The van der Waals surface area contributed by atoms with Crippen LogP contribution in [0.1, 0.15) is 12.8 Å². The third-order valence-corrected chi connectivity index (χ3v) is 19.3.